The first kappa shape index (κ1) is 14.0. The molecule has 2 atom stereocenters. The predicted octanol–water partition coefficient (Wildman–Crippen LogP) is 2.14. The lowest BCUT2D eigenvalue weighted by molar-refractivity contribution is 0.142. The van der Waals surface area contributed by atoms with E-state index >= 15 is 0 Å². The van der Waals surface area contributed by atoms with Gasteiger partial charge in [0.15, 0.2) is 0 Å². The standard InChI is InChI=1S/C18H22N2O2/c1-12-2-3-16-14(7-18(21)22-17(16)6-12)10-20-5-4-13-8-19-9-15(13)11-20/h2-3,6-7,13,15,19H,4-5,8-11H2,1H3. The fraction of sp³-hybridized carbons (Fsp3) is 0.500. The minimum absolute atomic E-state index is 0.245. The maximum atomic E-state index is 11.8. The first-order valence-electron chi connectivity index (χ1n) is 8.15. The summed E-state index contributed by atoms with van der Waals surface area (Å²) in [7, 11) is 0. The molecule has 2 aliphatic rings. The van der Waals surface area contributed by atoms with Crippen LogP contribution in [0.4, 0.5) is 0 Å². The Morgan fingerprint density at radius 2 is 2.14 bits per heavy atom. The van der Waals surface area contributed by atoms with E-state index in [0.29, 0.717) is 5.58 Å². The first-order valence-corrected chi connectivity index (χ1v) is 8.15. The van der Waals surface area contributed by atoms with Gasteiger partial charge in [-0.15, -0.1) is 0 Å². The van der Waals surface area contributed by atoms with Gasteiger partial charge >= 0.3 is 5.63 Å². The Bertz CT molecular complexity index is 752. The fourth-order valence-corrected chi connectivity index (χ4v) is 3.96. The number of benzene rings is 1. The van der Waals surface area contributed by atoms with Gasteiger partial charge in [-0.25, -0.2) is 4.79 Å². The van der Waals surface area contributed by atoms with Crippen molar-refractivity contribution < 1.29 is 4.42 Å². The molecule has 0 radical (unpaired) electrons. The van der Waals surface area contributed by atoms with E-state index in [0.717, 1.165) is 54.5 Å². The lowest BCUT2D eigenvalue weighted by Crippen LogP contribution is -2.39. The number of hydrogen-bond acceptors (Lipinski definition) is 4. The Morgan fingerprint density at radius 1 is 1.27 bits per heavy atom. The highest BCUT2D eigenvalue weighted by molar-refractivity contribution is 5.80. The van der Waals surface area contributed by atoms with E-state index in [2.05, 4.69) is 22.3 Å². The van der Waals surface area contributed by atoms with Gasteiger partial charge in [0.2, 0.25) is 0 Å². The van der Waals surface area contributed by atoms with Crippen molar-refractivity contribution in [2.24, 2.45) is 11.8 Å². The van der Waals surface area contributed by atoms with Crippen LogP contribution in [0.1, 0.15) is 17.5 Å². The molecule has 116 valence electrons. The number of hydrogen-bond donors (Lipinski definition) is 1. The molecule has 3 heterocycles. The van der Waals surface area contributed by atoms with Gasteiger partial charge in [0.25, 0.3) is 0 Å². The van der Waals surface area contributed by atoms with E-state index in [1.165, 1.54) is 13.0 Å². The second kappa shape index (κ2) is 5.52. The maximum Gasteiger partial charge on any atom is 0.336 e. The summed E-state index contributed by atoms with van der Waals surface area (Å²) in [6.45, 7) is 7.42. The second-order valence-electron chi connectivity index (χ2n) is 6.79. The van der Waals surface area contributed by atoms with Crippen molar-refractivity contribution >= 4 is 11.0 Å². The van der Waals surface area contributed by atoms with E-state index < -0.39 is 0 Å². The van der Waals surface area contributed by atoms with E-state index in [1.807, 2.05) is 13.0 Å². The molecule has 0 bridgehead atoms. The van der Waals surface area contributed by atoms with Gasteiger partial charge in [0.1, 0.15) is 5.58 Å². The molecule has 0 aliphatic carbocycles. The van der Waals surface area contributed by atoms with Crippen molar-refractivity contribution in [1.29, 1.82) is 0 Å². The molecule has 2 unspecified atom stereocenters. The molecule has 1 N–H and O–H groups in total. The fourth-order valence-electron chi connectivity index (χ4n) is 3.96. The highest BCUT2D eigenvalue weighted by Gasteiger charge is 2.32. The van der Waals surface area contributed by atoms with Crippen molar-refractivity contribution in [3.8, 4) is 0 Å². The summed E-state index contributed by atoms with van der Waals surface area (Å²) in [5, 5.41) is 4.57. The number of fused-ring (bicyclic) bond motifs is 2. The zero-order valence-electron chi connectivity index (χ0n) is 13.0. The molecule has 1 aromatic carbocycles. The molecule has 0 amide bonds. The largest absolute Gasteiger partial charge is 0.423 e. The van der Waals surface area contributed by atoms with Crippen LogP contribution in [0.15, 0.2) is 33.5 Å². The summed E-state index contributed by atoms with van der Waals surface area (Å²) in [6.07, 6.45) is 1.26. The summed E-state index contributed by atoms with van der Waals surface area (Å²) in [6, 6.07) is 7.77. The van der Waals surface area contributed by atoms with Crippen molar-refractivity contribution in [2.75, 3.05) is 26.2 Å². The van der Waals surface area contributed by atoms with Crippen LogP contribution < -0.4 is 10.9 Å². The van der Waals surface area contributed by atoms with E-state index in [-0.39, 0.29) is 5.63 Å². The van der Waals surface area contributed by atoms with Crippen LogP contribution in [-0.2, 0) is 6.54 Å². The average Bonchev–Trinajstić information content (AvgIpc) is 2.94. The summed E-state index contributed by atoms with van der Waals surface area (Å²) in [5.74, 6) is 1.61. The van der Waals surface area contributed by atoms with Crippen LogP contribution in [0, 0.1) is 18.8 Å². The predicted molar refractivity (Wildman–Crippen MR) is 87.0 cm³/mol. The average molecular weight is 298 g/mol. The first-order chi connectivity index (χ1) is 10.7. The lowest BCUT2D eigenvalue weighted by Gasteiger charge is -2.34. The van der Waals surface area contributed by atoms with Crippen LogP contribution >= 0.6 is 0 Å². The van der Waals surface area contributed by atoms with Gasteiger partial charge in [-0.3, -0.25) is 4.90 Å². The van der Waals surface area contributed by atoms with Crippen LogP contribution in [0.25, 0.3) is 11.0 Å². The quantitative estimate of drug-likeness (QED) is 0.863. The number of nitrogens with zero attached hydrogens (tertiary/aromatic N) is 1. The Hall–Kier alpha value is -1.65. The highest BCUT2D eigenvalue weighted by Crippen LogP contribution is 2.28. The van der Waals surface area contributed by atoms with Crippen molar-refractivity contribution in [1.82, 2.24) is 10.2 Å². The van der Waals surface area contributed by atoms with Crippen LogP contribution in [0.2, 0.25) is 0 Å². The second-order valence-corrected chi connectivity index (χ2v) is 6.79. The molecular weight excluding hydrogens is 276 g/mol. The van der Waals surface area contributed by atoms with Crippen LogP contribution in [0.3, 0.4) is 0 Å². The lowest BCUT2D eigenvalue weighted by atomic mass is 9.88. The summed E-state index contributed by atoms with van der Waals surface area (Å²) >= 11 is 0. The Kier molecular flexibility index (Phi) is 3.51. The molecule has 0 saturated carbocycles. The molecule has 2 fully saturated rings. The Balaban J connectivity index is 1.62. The van der Waals surface area contributed by atoms with E-state index in [4.69, 9.17) is 4.42 Å². The van der Waals surface area contributed by atoms with Gasteiger partial charge in [0, 0.05) is 24.5 Å². The van der Waals surface area contributed by atoms with E-state index in [1.54, 1.807) is 6.07 Å². The van der Waals surface area contributed by atoms with Gasteiger partial charge in [-0.05, 0) is 62.0 Å². The SMILES string of the molecule is Cc1ccc2c(CN3CCC4CNCC4C3)cc(=O)oc2c1. The molecule has 1 aromatic heterocycles. The molecule has 4 rings (SSSR count). The molecule has 0 spiro atoms. The van der Waals surface area contributed by atoms with E-state index in [9.17, 15) is 4.79 Å². The third-order valence-electron chi connectivity index (χ3n) is 5.17. The minimum Gasteiger partial charge on any atom is -0.423 e. The number of aryl methyl sites for hydroxylation is 1. The summed E-state index contributed by atoms with van der Waals surface area (Å²) in [4.78, 5) is 14.3. The Labute approximate surface area is 130 Å². The van der Waals surface area contributed by atoms with Crippen molar-refractivity contribution in [3.05, 3.63) is 45.8 Å². The zero-order valence-corrected chi connectivity index (χ0v) is 13.0. The third kappa shape index (κ3) is 2.57. The monoisotopic (exact) mass is 298 g/mol. The normalized spacial score (nSPS) is 25.5. The number of nitrogens with one attached hydrogen (secondary N) is 1. The third-order valence-corrected chi connectivity index (χ3v) is 5.17. The molecule has 2 aromatic rings. The van der Waals surface area contributed by atoms with Gasteiger partial charge in [-0.1, -0.05) is 12.1 Å². The van der Waals surface area contributed by atoms with Gasteiger partial charge in [-0.2, -0.15) is 0 Å². The number of rotatable bonds is 2. The highest BCUT2D eigenvalue weighted by atomic mass is 16.4. The molecule has 4 heteroatoms. The molecule has 2 saturated heterocycles. The van der Waals surface area contributed by atoms with Crippen LogP contribution in [0.5, 0.6) is 0 Å². The Morgan fingerprint density at radius 3 is 3.05 bits per heavy atom. The smallest absolute Gasteiger partial charge is 0.336 e. The van der Waals surface area contributed by atoms with Crippen LogP contribution in [-0.4, -0.2) is 31.1 Å². The van der Waals surface area contributed by atoms with Gasteiger partial charge < -0.3 is 9.73 Å². The topological polar surface area (TPSA) is 45.5 Å². The number of likely N-dealkylation sites (tertiary alicyclic amines) is 1. The van der Waals surface area contributed by atoms with Crippen molar-refractivity contribution in [3.63, 3.8) is 0 Å². The zero-order chi connectivity index (χ0) is 15.1. The summed E-state index contributed by atoms with van der Waals surface area (Å²) < 4.78 is 5.36. The van der Waals surface area contributed by atoms with Crippen molar-refractivity contribution in [2.45, 2.75) is 19.9 Å². The molecule has 22 heavy (non-hydrogen) atoms. The summed E-state index contributed by atoms with van der Waals surface area (Å²) in [5.41, 5.74) is 2.67. The maximum absolute atomic E-state index is 11.8. The number of piperidine rings is 1. The molecule has 2 aliphatic heterocycles. The molecule has 4 nitrogen and oxygen atoms in total. The minimum atomic E-state index is -0.245. The molecular formula is C18H22N2O2. The van der Waals surface area contributed by atoms with Gasteiger partial charge in [0.05, 0.1) is 0 Å².